The van der Waals surface area contributed by atoms with Crippen molar-refractivity contribution in [2.24, 2.45) is 0 Å². The van der Waals surface area contributed by atoms with Crippen LogP contribution < -0.4 is 10.9 Å². The standard InChI is InChI=1S/C26H28N4O3/c1-4-23(24-28-22-11-7-6-10-21(22)25(31)29(24)5-2)30(17-20-9-8-16-33-20)26(32)27-19-14-12-18(3)13-15-19/h6-16,23H,4-5,17H2,1-3H3,(H,27,32). The number of urea groups is 1. The van der Waals surface area contributed by atoms with Gasteiger partial charge in [-0.1, -0.05) is 36.8 Å². The second-order valence-electron chi connectivity index (χ2n) is 7.96. The second-order valence-corrected chi connectivity index (χ2v) is 7.96. The van der Waals surface area contributed by atoms with Crippen molar-refractivity contribution in [3.63, 3.8) is 0 Å². The topological polar surface area (TPSA) is 80.4 Å². The fourth-order valence-electron chi connectivity index (χ4n) is 4.01. The van der Waals surface area contributed by atoms with Gasteiger partial charge in [-0.2, -0.15) is 0 Å². The molecule has 4 aromatic rings. The maximum atomic E-state index is 13.5. The number of nitrogens with zero attached hydrogens (tertiary/aromatic N) is 3. The molecule has 0 spiro atoms. The van der Waals surface area contributed by atoms with E-state index in [2.05, 4.69) is 5.32 Å². The molecular weight excluding hydrogens is 416 g/mol. The van der Waals surface area contributed by atoms with Gasteiger partial charge in [0.2, 0.25) is 0 Å². The van der Waals surface area contributed by atoms with Crippen LogP contribution in [-0.4, -0.2) is 20.5 Å². The van der Waals surface area contributed by atoms with Gasteiger partial charge in [-0.05, 0) is 56.7 Å². The molecule has 2 aromatic heterocycles. The molecule has 0 fully saturated rings. The van der Waals surface area contributed by atoms with Crippen molar-refractivity contribution in [2.75, 3.05) is 5.32 Å². The number of hydrogen-bond donors (Lipinski definition) is 1. The molecule has 2 amide bonds. The zero-order valence-electron chi connectivity index (χ0n) is 19.1. The van der Waals surface area contributed by atoms with Crippen molar-refractivity contribution >= 4 is 22.6 Å². The summed E-state index contributed by atoms with van der Waals surface area (Å²) in [6.45, 7) is 6.60. The van der Waals surface area contributed by atoms with E-state index >= 15 is 0 Å². The lowest BCUT2D eigenvalue weighted by Gasteiger charge is -2.31. The summed E-state index contributed by atoms with van der Waals surface area (Å²) in [7, 11) is 0. The Kier molecular flexibility index (Phi) is 6.58. The second kappa shape index (κ2) is 9.73. The van der Waals surface area contributed by atoms with E-state index < -0.39 is 6.04 Å². The van der Waals surface area contributed by atoms with E-state index in [1.807, 2.05) is 69.3 Å². The fraction of sp³-hybridized carbons (Fsp3) is 0.269. The predicted octanol–water partition coefficient (Wildman–Crippen LogP) is 5.50. The van der Waals surface area contributed by atoms with Crippen LogP contribution in [0, 0.1) is 6.92 Å². The molecule has 7 nitrogen and oxygen atoms in total. The molecule has 1 unspecified atom stereocenters. The van der Waals surface area contributed by atoms with Crippen LogP contribution in [0.4, 0.5) is 10.5 Å². The number of carbonyl (C=O) groups is 1. The summed E-state index contributed by atoms with van der Waals surface area (Å²) < 4.78 is 7.21. The van der Waals surface area contributed by atoms with Gasteiger partial charge >= 0.3 is 6.03 Å². The first-order chi connectivity index (χ1) is 16.0. The number of aromatic nitrogens is 2. The lowest BCUT2D eigenvalue weighted by Crippen LogP contribution is -2.40. The highest BCUT2D eigenvalue weighted by Crippen LogP contribution is 2.27. The minimum absolute atomic E-state index is 0.103. The van der Waals surface area contributed by atoms with Crippen LogP contribution in [0.15, 0.2) is 76.1 Å². The van der Waals surface area contributed by atoms with Crippen LogP contribution in [0.3, 0.4) is 0 Å². The molecule has 0 aliphatic rings. The predicted molar refractivity (Wildman–Crippen MR) is 129 cm³/mol. The van der Waals surface area contributed by atoms with E-state index in [-0.39, 0.29) is 18.1 Å². The number of fused-ring (bicyclic) bond motifs is 1. The zero-order valence-corrected chi connectivity index (χ0v) is 19.1. The van der Waals surface area contributed by atoms with Crippen molar-refractivity contribution in [3.8, 4) is 0 Å². The van der Waals surface area contributed by atoms with E-state index in [1.165, 1.54) is 0 Å². The molecule has 0 bridgehead atoms. The Morgan fingerprint density at radius 2 is 1.85 bits per heavy atom. The summed E-state index contributed by atoms with van der Waals surface area (Å²) in [5, 5.41) is 3.55. The number of nitrogens with one attached hydrogen (secondary N) is 1. The number of furan rings is 1. The molecule has 2 aromatic carbocycles. The Morgan fingerprint density at radius 3 is 2.52 bits per heavy atom. The zero-order chi connectivity index (χ0) is 23.4. The van der Waals surface area contributed by atoms with Gasteiger partial charge in [0, 0.05) is 12.2 Å². The average molecular weight is 445 g/mol. The minimum Gasteiger partial charge on any atom is -0.467 e. The molecular formula is C26H28N4O3. The number of amides is 2. The molecule has 0 aliphatic heterocycles. The van der Waals surface area contributed by atoms with Gasteiger partial charge < -0.3 is 14.6 Å². The summed E-state index contributed by atoms with van der Waals surface area (Å²) in [6.07, 6.45) is 2.16. The molecule has 0 saturated carbocycles. The van der Waals surface area contributed by atoms with Crippen molar-refractivity contribution in [1.82, 2.24) is 14.5 Å². The Hall–Kier alpha value is -3.87. The first-order valence-electron chi connectivity index (χ1n) is 11.2. The number of benzene rings is 2. The summed E-state index contributed by atoms with van der Waals surface area (Å²) >= 11 is 0. The molecule has 33 heavy (non-hydrogen) atoms. The lowest BCUT2D eigenvalue weighted by molar-refractivity contribution is 0.169. The normalized spacial score (nSPS) is 12.0. The molecule has 0 radical (unpaired) electrons. The van der Waals surface area contributed by atoms with Gasteiger partial charge in [-0.15, -0.1) is 0 Å². The Balaban J connectivity index is 1.78. The summed E-state index contributed by atoms with van der Waals surface area (Å²) in [4.78, 5) is 33.2. The van der Waals surface area contributed by atoms with Gasteiger partial charge in [-0.3, -0.25) is 9.36 Å². The average Bonchev–Trinajstić information content (AvgIpc) is 3.34. The van der Waals surface area contributed by atoms with E-state index in [1.54, 1.807) is 27.9 Å². The fourth-order valence-corrected chi connectivity index (χ4v) is 4.01. The SMILES string of the molecule is CCC(c1nc2ccccc2c(=O)n1CC)N(Cc1ccco1)C(=O)Nc1ccc(C)cc1. The first-order valence-corrected chi connectivity index (χ1v) is 11.2. The number of hydrogen-bond acceptors (Lipinski definition) is 4. The van der Waals surface area contributed by atoms with Crippen LogP contribution in [0.1, 0.15) is 43.5 Å². The van der Waals surface area contributed by atoms with Crippen LogP contribution in [0.2, 0.25) is 0 Å². The summed E-state index contributed by atoms with van der Waals surface area (Å²) in [5.41, 5.74) is 2.33. The lowest BCUT2D eigenvalue weighted by atomic mass is 10.1. The highest BCUT2D eigenvalue weighted by Gasteiger charge is 2.29. The number of para-hydroxylation sites is 1. The number of anilines is 1. The largest absolute Gasteiger partial charge is 0.467 e. The van der Waals surface area contributed by atoms with Crippen molar-refractivity contribution in [3.05, 3.63) is 94.4 Å². The molecule has 2 heterocycles. The third kappa shape index (κ3) is 4.67. The molecule has 0 saturated heterocycles. The smallest absolute Gasteiger partial charge is 0.322 e. The van der Waals surface area contributed by atoms with Gasteiger partial charge in [0.15, 0.2) is 0 Å². The molecule has 1 atom stereocenters. The number of rotatable bonds is 7. The van der Waals surface area contributed by atoms with Crippen molar-refractivity contribution in [1.29, 1.82) is 0 Å². The third-order valence-corrected chi connectivity index (χ3v) is 5.74. The van der Waals surface area contributed by atoms with E-state index in [0.717, 1.165) is 5.56 Å². The maximum Gasteiger partial charge on any atom is 0.322 e. The molecule has 7 heteroatoms. The number of aryl methyl sites for hydroxylation is 1. The monoisotopic (exact) mass is 444 g/mol. The summed E-state index contributed by atoms with van der Waals surface area (Å²) in [5.74, 6) is 1.22. The molecule has 0 aliphatic carbocycles. The highest BCUT2D eigenvalue weighted by molar-refractivity contribution is 5.89. The van der Waals surface area contributed by atoms with Crippen molar-refractivity contribution in [2.45, 2.75) is 46.3 Å². The van der Waals surface area contributed by atoms with Gasteiger partial charge in [0.05, 0.1) is 29.8 Å². The van der Waals surface area contributed by atoms with Crippen LogP contribution in [0.5, 0.6) is 0 Å². The van der Waals surface area contributed by atoms with Gasteiger partial charge in [0.25, 0.3) is 5.56 Å². The van der Waals surface area contributed by atoms with Gasteiger partial charge in [-0.25, -0.2) is 9.78 Å². The third-order valence-electron chi connectivity index (χ3n) is 5.74. The Morgan fingerprint density at radius 1 is 1.09 bits per heavy atom. The van der Waals surface area contributed by atoms with Gasteiger partial charge in [0.1, 0.15) is 11.6 Å². The van der Waals surface area contributed by atoms with E-state index in [4.69, 9.17) is 9.40 Å². The maximum absolute atomic E-state index is 13.5. The van der Waals surface area contributed by atoms with E-state index in [0.29, 0.717) is 41.1 Å². The molecule has 1 N–H and O–H groups in total. The molecule has 4 rings (SSSR count). The van der Waals surface area contributed by atoms with Crippen LogP contribution in [0.25, 0.3) is 10.9 Å². The Labute approximate surface area is 192 Å². The first kappa shape index (κ1) is 22.3. The van der Waals surface area contributed by atoms with Crippen LogP contribution in [-0.2, 0) is 13.1 Å². The quantitative estimate of drug-likeness (QED) is 0.408. The summed E-state index contributed by atoms with van der Waals surface area (Å²) in [6, 6.07) is 17.9. The minimum atomic E-state index is -0.433. The number of carbonyl (C=O) groups excluding carboxylic acids is 1. The molecule has 170 valence electrons. The van der Waals surface area contributed by atoms with Crippen LogP contribution >= 0.6 is 0 Å². The van der Waals surface area contributed by atoms with E-state index in [9.17, 15) is 9.59 Å². The highest BCUT2D eigenvalue weighted by atomic mass is 16.3. The Bertz CT molecular complexity index is 1290. The van der Waals surface area contributed by atoms with Crippen molar-refractivity contribution < 1.29 is 9.21 Å².